The fraction of sp³-hybridized carbons (Fsp3) is 0.833. The van der Waals surface area contributed by atoms with E-state index in [1.807, 2.05) is 6.08 Å². The second-order valence-corrected chi connectivity index (χ2v) is 4.22. The molecule has 0 aromatic heterocycles. The monoisotopic (exact) mass is 200 g/mol. The molecule has 0 aromatic rings. The minimum absolute atomic E-state index is 0.116. The zero-order chi connectivity index (χ0) is 11.0. The molecule has 0 fully saturated rings. The summed E-state index contributed by atoms with van der Waals surface area (Å²) in [4.78, 5) is 0. The first-order valence-electron chi connectivity index (χ1n) is 5.42. The van der Waals surface area contributed by atoms with Crippen molar-refractivity contribution in [3.8, 4) is 0 Å². The van der Waals surface area contributed by atoms with E-state index >= 15 is 0 Å². The summed E-state index contributed by atoms with van der Waals surface area (Å²) in [7, 11) is 1.76. The van der Waals surface area contributed by atoms with Crippen LogP contribution in [-0.2, 0) is 4.74 Å². The van der Waals surface area contributed by atoms with Crippen molar-refractivity contribution in [3.63, 3.8) is 0 Å². The van der Waals surface area contributed by atoms with E-state index in [-0.39, 0.29) is 12.7 Å². The Labute approximate surface area is 88.0 Å². The average molecular weight is 200 g/mol. The van der Waals surface area contributed by atoms with Gasteiger partial charge in [-0.2, -0.15) is 0 Å². The van der Waals surface area contributed by atoms with E-state index in [0.29, 0.717) is 5.92 Å². The Morgan fingerprint density at radius 3 is 2.29 bits per heavy atom. The fourth-order valence-electron chi connectivity index (χ4n) is 1.49. The SMILES string of the molecule is COC(CCC(C)C)C(C)/C=C/CO. The predicted octanol–water partition coefficient (Wildman–Crippen LogP) is 2.62. The van der Waals surface area contributed by atoms with Crippen LogP contribution >= 0.6 is 0 Å². The first-order chi connectivity index (χ1) is 6.61. The molecule has 0 radical (unpaired) electrons. The van der Waals surface area contributed by atoms with E-state index in [4.69, 9.17) is 9.84 Å². The first kappa shape index (κ1) is 13.7. The van der Waals surface area contributed by atoms with Crippen molar-refractivity contribution in [2.75, 3.05) is 13.7 Å². The third-order valence-electron chi connectivity index (χ3n) is 2.46. The Bertz CT molecular complexity index is 152. The van der Waals surface area contributed by atoms with Gasteiger partial charge in [-0.15, -0.1) is 0 Å². The summed E-state index contributed by atoms with van der Waals surface area (Å²) in [5, 5.41) is 8.66. The van der Waals surface area contributed by atoms with Gasteiger partial charge in [0.2, 0.25) is 0 Å². The quantitative estimate of drug-likeness (QED) is 0.640. The summed E-state index contributed by atoms with van der Waals surface area (Å²) < 4.78 is 5.43. The molecule has 14 heavy (non-hydrogen) atoms. The molecule has 0 spiro atoms. The Balaban J connectivity index is 3.92. The maximum Gasteiger partial charge on any atom is 0.0631 e. The second-order valence-electron chi connectivity index (χ2n) is 4.22. The first-order valence-corrected chi connectivity index (χ1v) is 5.42. The zero-order valence-corrected chi connectivity index (χ0v) is 9.86. The minimum Gasteiger partial charge on any atom is -0.392 e. The number of rotatable bonds is 7. The van der Waals surface area contributed by atoms with Crippen LogP contribution in [-0.4, -0.2) is 24.9 Å². The molecule has 0 aliphatic rings. The average Bonchev–Trinajstić information content (AvgIpc) is 2.15. The summed E-state index contributed by atoms with van der Waals surface area (Å²) >= 11 is 0. The van der Waals surface area contributed by atoms with Gasteiger partial charge >= 0.3 is 0 Å². The van der Waals surface area contributed by atoms with Crippen molar-refractivity contribution in [2.45, 2.75) is 39.7 Å². The predicted molar refractivity (Wildman–Crippen MR) is 60.3 cm³/mol. The highest BCUT2D eigenvalue weighted by molar-refractivity contribution is 4.89. The van der Waals surface area contributed by atoms with Crippen LogP contribution in [0, 0.1) is 11.8 Å². The summed E-state index contributed by atoms with van der Waals surface area (Å²) in [6, 6.07) is 0. The Hall–Kier alpha value is -0.340. The molecule has 0 saturated heterocycles. The van der Waals surface area contributed by atoms with Gasteiger partial charge in [-0.25, -0.2) is 0 Å². The molecule has 84 valence electrons. The van der Waals surface area contributed by atoms with Gasteiger partial charge in [0.25, 0.3) is 0 Å². The number of aliphatic hydroxyl groups is 1. The molecule has 2 unspecified atom stereocenters. The summed E-state index contributed by atoms with van der Waals surface area (Å²) in [5.41, 5.74) is 0. The fourth-order valence-corrected chi connectivity index (χ4v) is 1.49. The van der Waals surface area contributed by atoms with Crippen molar-refractivity contribution in [1.29, 1.82) is 0 Å². The van der Waals surface area contributed by atoms with Crippen LogP contribution in [0.2, 0.25) is 0 Å². The van der Waals surface area contributed by atoms with Crippen LogP contribution in [0.1, 0.15) is 33.6 Å². The Kier molecular flexibility index (Phi) is 7.81. The van der Waals surface area contributed by atoms with Crippen molar-refractivity contribution >= 4 is 0 Å². The van der Waals surface area contributed by atoms with E-state index < -0.39 is 0 Å². The summed E-state index contributed by atoms with van der Waals surface area (Å²) in [6.45, 7) is 6.69. The summed E-state index contributed by atoms with van der Waals surface area (Å²) in [5.74, 6) is 1.10. The molecule has 2 nitrogen and oxygen atoms in total. The van der Waals surface area contributed by atoms with Crippen LogP contribution in [0.15, 0.2) is 12.2 Å². The summed E-state index contributed by atoms with van der Waals surface area (Å²) in [6.07, 6.45) is 6.36. The molecule has 0 saturated carbocycles. The van der Waals surface area contributed by atoms with Crippen LogP contribution in [0.4, 0.5) is 0 Å². The lowest BCUT2D eigenvalue weighted by Gasteiger charge is -2.20. The lowest BCUT2D eigenvalue weighted by Crippen LogP contribution is -2.19. The van der Waals surface area contributed by atoms with E-state index in [9.17, 15) is 0 Å². The van der Waals surface area contributed by atoms with Crippen LogP contribution in [0.25, 0.3) is 0 Å². The van der Waals surface area contributed by atoms with E-state index in [0.717, 1.165) is 12.3 Å². The Morgan fingerprint density at radius 1 is 1.21 bits per heavy atom. The van der Waals surface area contributed by atoms with Crippen molar-refractivity contribution in [3.05, 3.63) is 12.2 Å². The highest BCUT2D eigenvalue weighted by Crippen LogP contribution is 2.17. The van der Waals surface area contributed by atoms with Gasteiger partial charge in [0, 0.05) is 13.0 Å². The van der Waals surface area contributed by atoms with Gasteiger partial charge < -0.3 is 9.84 Å². The van der Waals surface area contributed by atoms with Crippen molar-refractivity contribution in [2.24, 2.45) is 11.8 Å². The molecule has 0 amide bonds. The molecule has 0 bridgehead atoms. The number of methoxy groups -OCH3 is 1. The van der Waals surface area contributed by atoms with Gasteiger partial charge in [-0.1, -0.05) is 32.9 Å². The molecule has 0 rings (SSSR count). The maximum atomic E-state index is 8.66. The molecule has 2 heteroatoms. The van der Waals surface area contributed by atoms with Crippen LogP contribution < -0.4 is 0 Å². The van der Waals surface area contributed by atoms with Gasteiger partial charge in [0.15, 0.2) is 0 Å². The molecule has 0 aliphatic heterocycles. The molecule has 2 atom stereocenters. The third-order valence-corrected chi connectivity index (χ3v) is 2.46. The molecular formula is C12H24O2. The van der Waals surface area contributed by atoms with E-state index in [2.05, 4.69) is 20.8 Å². The topological polar surface area (TPSA) is 29.5 Å². The van der Waals surface area contributed by atoms with Gasteiger partial charge in [0.05, 0.1) is 12.7 Å². The highest BCUT2D eigenvalue weighted by atomic mass is 16.5. The number of ether oxygens (including phenoxy) is 1. The second kappa shape index (κ2) is 8.01. The van der Waals surface area contributed by atoms with E-state index in [1.165, 1.54) is 6.42 Å². The maximum absolute atomic E-state index is 8.66. The van der Waals surface area contributed by atoms with Crippen LogP contribution in [0.3, 0.4) is 0 Å². The molecule has 1 N–H and O–H groups in total. The molecule has 0 aliphatic carbocycles. The number of hydrogen-bond acceptors (Lipinski definition) is 2. The van der Waals surface area contributed by atoms with Crippen molar-refractivity contribution < 1.29 is 9.84 Å². The van der Waals surface area contributed by atoms with Gasteiger partial charge in [-0.05, 0) is 18.8 Å². The molecule has 0 heterocycles. The van der Waals surface area contributed by atoms with Crippen molar-refractivity contribution in [1.82, 2.24) is 0 Å². The zero-order valence-electron chi connectivity index (χ0n) is 9.86. The largest absolute Gasteiger partial charge is 0.392 e. The lowest BCUT2D eigenvalue weighted by atomic mass is 9.96. The number of hydrogen-bond donors (Lipinski definition) is 1. The standard InChI is InChI=1S/C12H24O2/c1-10(2)7-8-12(14-4)11(3)6-5-9-13/h5-6,10-13H,7-9H2,1-4H3/b6-5+. The normalized spacial score (nSPS) is 16.4. The molecular weight excluding hydrogens is 176 g/mol. The molecule has 0 aromatic carbocycles. The smallest absolute Gasteiger partial charge is 0.0631 e. The third kappa shape index (κ3) is 6.17. The van der Waals surface area contributed by atoms with Gasteiger partial charge in [0.1, 0.15) is 0 Å². The van der Waals surface area contributed by atoms with Gasteiger partial charge in [-0.3, -0.25) is 0 Å². The number of aliphatic hydroxyl groups excluding tert-OH is 1. The van der Waals surface area contributed by atoms with E-state index in [1.54, 1.807) is 13.2 Å². The minimum atomic E-state index is 0.116. The Morgan fingerprint density at radius 2 is 1.86 bits per heavy atom. The van der Waals surface area contributed by atoms with Crippen LogP contribution in [0.5, 0.6) is 0 Å². The lowest BCUT2D eigenvalue weighted by molar-refractivity contribution is 0.0626. The highest BCUT2D eigenvalue weighted by Gasteiger charge is 2.14.